The predicted molar refractivity (Wildman–Crippen MR) is 109 cm³/mol. The van der Waals surface area contributed by atoms with Crippen LogP contribution in [0, 0.1) is 10.1 Å². The topological polar surface area (TPSA) is 103 Å². The van der Waals surface area contributed by atoms with Crippen molar-refractivity contribution in [1.29, 1.82) is 0 Å². The van der Waals surface area contributed by atoms with Crippen molar-refractivity contribution in [3.05, 3.63) is 67.9 Å². The molecule has 8 nitrogen and oxygen atoms in total. The molecule has 0 aliphatic heterocycles. The molecule has 2 aromatic carbocycles. The van der Waals surface area contributed by atoms with E-state index in [1.165, 1.54) is 23.9 Å². The van der Waals surface area contributed by atoms with E-state index in [2.05, 4.69) is 47.4 Å². The number of carbonyl (C=O) groups excluding carboxylic acids is 1. The van der Waals surface area contributed by atoms with Gasteiger partial charge in [-0.1, -0.05) is 30.0 Å². The van der Waals surface area contributed by atoms with Crippen LogP contribution < -0.4 is 5.32 Å². The second kappa shape index (κ2) is 8.63. The van der Waals surface area contributed by atoms with Crippen molar-refractivity contribution in [2.45, 2.75) is 5.16 Å². The van der Waals surface area contributed by atoms with E-state index >= 15 is 0 Å². The fourth-order valence-electron chi connectivity index (χ4n) is 2.18. The van der Waals surface area contributed by atoms with Gasteiger partial charge in [0, 0.05) is 26.8 Å². The minimum atomic E-state index is -0.507. The van der Waals surface area contributed by atoms with Crippen LogP contribution in [0.5, 0.6) is 0 Å². The molecule has 0 aliphatic carbocycles. The number of aromatic nitrogens is 3. The number of rotatable bonds is 6. The molecule has 0 fully saturated rings. The standard InChI is InChI=1S/C16H11Br2N5O3S/c17-12-6-11(23(25)26)7-13(18)15(12)20-14(24)8-27-16-21-19-9-22(16)10-4-2-1-3-5-10/h1-7,9H,8H2,(H,20,24). The molecule has 138 valence electrons. The number of nitrogens with zero attached hydrogens (tertiary/aromatic N) is 4. The molecule has 0 spiro atoms. The first-order valence-electron chi connectivity index (χ1n) is 7.47. The minimum Gasteiger partial charge on any atom is -0.323 e. The van der Waals surface area contributed by atoms with Gasteiger partial charge in [0.05, 0.1) is 16.4 Å². The summed E-state index contributed by atoms with van der Waals surface area (Å²) < 4.78 is 2.61. The summed E-state index contributed by atoms with van der Waals surface area (Å²) >= 11 is 7.72. The number of non-ortho nitro benzene ring substituents is 1. The van der Waals surface area contributed by atoms with E-state index in [4.69, 9.17) is 0 Å². The molecule has 1 amide bonds. The quantitative estimate of drug-likeness (QED) is 0.297. The normalized spacial score (nSPS) is 10.6. The molecule has 1 aromatic heterocycles. The Morgan fingerprint density at radius 1 is 1.22 bits per heavy atom. The van der Waals surface area contributed by atoms with Crippen LogP contribution in [-0.4, -0.2) is 31.3 Å². The number of para-hydroxylation sites is 1. The molecule has 0 radical (unpaired) electrons. The lowest BCUT2D eigenvalue weighted by Gasteiger charge is -2.10. The van der Waals surface area contributed by atoms with E-state index in [1.807, 2.05) is 30.3 Å². The first kappa shape index (κ1) is 19.5. The van der Waals surface area contributed by atoms with E-state index < -0.39 is 4.92 Å². The number of nitro groups is 1. The maximum atomic E-state index is 12.3. The third-order valence-electron chi connectivity index (χ3n) is 3.39. The lowest BCUT2D eigenvalue weighted by atomic mass is 10.3. The summed E-state index contributed by atoms with van der Waals surface area (Å²) in [5, 5.41) is 22.1. The second-order valence-corrected chi connectivity index (χ2v) is 7.85. The van der Waals surface area contributed by atoms with E-state index in [9.17, 15) is 14.9 Å². The second-order valence-electron chi connectivity index (χ2n) is 5.20. The molecule has 0 saturated heterocycles. The van der Waals surface area contributed by atoms with Crippen molar-refractivity contribution < 1.29 is 9.72 Å². The van der Waals surface area contributed by atoms with E-state index in [1.54, 1.807) is 10.9 Å². The van der Waals surface area contributed by atoms with Gasteiger partial charge in [-0.15, -0.1) is 10.2 Å². The van der Waals surface area contributed by atoms with Crippen molar-refractivity contribution in [2.75, 3.05) is 11.1 Å². The molecule has 27 heavy (non-hydrogen) atoms. The molecule has 1 N–H and O–H groups in total. The Kier molecular flexibility index (Phi) is 6.24. The number of nitrogens with one attached hydrogen (secondary N) is 1. The highest BCUT2D eigenvalue weighted by Gasteiger charge is 2.17. The Hall–Kier alpha value is -2.24. The fourth-order valence-corrected chi connectivity index (χ4v) is 4.27. The molecule has 0 aliphatic rings. The van der Waals surface area contributed by atoms with Crippen molar-refractivity contribution >= 4 is 60.9 Å². The van der Waals surface area contributed by atoms with Crippen molar-refractivity contribution in [3.63, 3.8) is 0 Å². The van der Waals surface area contributed by atoms with Gasteiger partial charge in [0.25, 0.3) is 5.69 Å². The van der Waals surface area contributed by atoms with Crippen LogP contribution in [0.2, 0.25) is 0 Å². The highest BCUT2D eigenvalue weighted by atomic mass is 79.9. The minimum absolute atomic E-state index is 0.0860. The summed E-state index contributed by atoms with van der Waals surface area (Å²) in [5.41, 5.74) is 1.24. The maximum Gasteiger partial charge on any atom is 0.271 e. The van der Waals surface area contributed by atoms with Crippen LogP contribution in [-0.2, 0) is 4.79 Å². The summed E-state index contributed by atoms with van der Waals surface area (Å²) in [4.78, 5) is 22.7. The van der Waals surface area contributed by atoms with E-state index in [0.29, 0.717) is 19.8 Å². The molecule has 11 heteroatoms. The predicted octanol–water partition coefficient (Wildman–Crippen LogP) is 4.43. The van der Waals surface area contributed by atoms with Crippen LogP contribution in [0.3, 0.4) is 0 Å². The van der Waals surface area contributed by atoms with Gasteiger partial charge in [-0.25, -0.2) is 0 Å². The molecule has 0 unspecified atom stereocenters. The van der Waals surface area contributed by atoms with Crippen molar-refractivity contribution in [2.24, 2.45) is 0 Å². The Labute approximate surface area is 174 Å². The number of hydrogen-bond acceptors (Lipinski definition) is 6. The Morgan fingerprint density at radius 3 is 2.52 bits per heavy atom. The van der Waals surface area contributed by atoms with E-state index in [-0.39, 0.29) is 17.3 Å². The van der Waals surface area contributed by atoms with Crippen LogP contribution in [0.25, 0.3) is 5.69 Å². The number of thioether (sulfide) groups is 1. The summed E-state index contributed by atoms with van der Waals surface area (Å²) in [5.74, 6) is -0.181. The van der Waals surface area contributed by atoms with E-state index in [0.717, 1.165) is 5.69 Å². The van der Waals surface area contributed by atoms with Gasteiger partial charge in [-0.2, -0.15) is 0 Å². The molecule has 1 heterocycles. The summed E-state index contributed by atoms with van der Waals surface area (Å²) in [7, 11) is 0. The Balaban J connectivity index is 1.68. The molecule has 0 bridgehead atoms. The zero-order chi connectivity index (χ0) is 19.4. The molecule has 0 saturated carbocycles. The summed E-state index contributed by atoms with van der Waals surface area (Å²) in [6, 6.07) is 12.2. The Morgan fingerprint density at radius 2 is 1.89 bits per heavy atom. The molecule has 3 rings (SSSR count). The van der Waals surface area contributed by atoms with Crippen LogP contribution in [0.4, 0.5) is 11.4 Å². The highest BCUT2D eigenvalue weighted by Crippen LogP contribution is 2.35. The number of amides is 1. The van der Waals surface area contributed by atoms with Crippen LogP contribution in [0.1, 0.15) is 0 Å². The highest BCUT2D eigenvalue weighted by molar-refractivity contribution is 9.11. The zero-order valence-electron chi connectivity index (χ0n) is 13.5. The van der Waals surface area contributed by atoms with Gasteiger partial charge in [0.15, 0.2) is 5.16 Å². The average molecular weight is 513 g/mol. The number of anilines is 1. The number of carbonyl (C=O) groups is 1. The smallest absolute Gasteiger partial charge is 0.271 e. The molecule has 0 atom stereocenters. The molecular formula is C16H11Br2N5O3S. The third kappa shape index (κ3) is 4.73. The third-order valence-corrected chi connectivity index (χ3v) is 5.58. The molecule has 3 aromatic rings. The van der Waals surface area contributed by atoms with Crippen LogP contribution in [0.15, 0.2) is 62.9 Å². The van der Waals surface area contributed by atoms with Crippen molar-refractivity contribution in [3.8, 4) is 5.69 Å². The monoisotopic (exact) mass is 511 g/mol. The lowest BCUT2D eigenvalue weighted by molar-refractivity contribution is -0.385. The number of halogens is 2. The van der Waals surface area contributed by atoms with Crippen molar-refractivity contribution in [1.82, 2.24) is 14.8 Å². The Bertz CT molecular complexity index is 974. The number of benzene rings is 2. The van der Waals surface area contributed by atoms with Gasteiger partial charge >= 0.3 is 0 Å². The SMILES string of the molecule is O=C(CSc1nncn1-c1ccccc1)Nc1c(Br)cc([N+](=O)[O-])cc1Br. The fraction of sp³-hybridized carbons (Fsp3) is 0.0625. The van der Waals surface area contributed by atoms with Crippen LogP contribution >= 0.6 is 43.6 Å². The molecular weight excluding hydrogens is 502 g/mol. The first-order chi connectivity index (χ1) is 13.0. The lowest BCUT2D eigenvalue weighted by Crippen LogP contribution is -2.15. The maximum absolute atomic E-state index is 12.3. The van der Waals surface area contributed by atoms with Gasteiger partial charge in [0.1, 0.15) is 6.33 Å². The number of nitro benzene ring substituents is 1. The largest absolute Gasteiger partial charge is 0.323 e. The first-order valence-corrected chi connectivity index (χ1v) is 10.0. The summed E-state index contributed by atoms with van der Waals surface area (Å²) in [6.07, 6.45) is 1.58. The van der Waals surface area contributed by atoms with Gasteiger partial charge in [-0.05, 0) is 44.0 Å². The number of hydrogen-bond donors (Lipinski definition) is 1. The van der Waals surface area contributed by atoms with Gasteiger partial charge in [-0.3, -0.25) is 19.5 Å². The van der Waals surface area contributed by atoms with Gasteiger partial charge < -0.3 is 5.32 Å². The average Bonchev–Trinajstić information content (AvgIpc) is 3.12. The zero-order valence-corrected chi connectivity index (χ0v) is 17.5. The summed E-state index contributed by atoms with van der Waals surface area (Å²) in [6.45, 7) is 0. The van der Waals surface area contributed by atoms with Gasteiger partial charge in [0.2, 0.25) is 5.91 Å².